The molecule has 124 valence electrons. The molecule has 5 heteroatoms. The van der Waals surface area contributed by atoms with Crippen molar-refractivity contribution in [3.05, 3.63) is 35.4 Å². The second kappa shape index (κ2) is 6.62. The van der Waals surface area contributed by atoms with Gasteiger partial charge in [-0.15, -0.1) is 0 Å². The van der Waals surface area contributed by atoms with Crippen LogP contribution in [0, 0.1) is 5.92 Å². The monoisotopic (exact) mass is 318 g/mol. The SMILES string of the molecule is C[C@@H](COC1C(=O)c2ccccc2C1=O)CC(=O)OC(C)(C)C. The lowest BCUT2D eigenvalue weighted by Gasteiger charge is -2.21. The maximum atomic E-state index is 12.2. The average Bonchev–Trinajstić information content (AvgIpc) is 2.67. The van der Waals surface area contributed by atoms with Crippen LogP contribution < -0.4 is 0 Å². The Labute approximate surface area is 136 Å². The summed E-state index contributed by atoms with van der Waals surface area (Å²) in [5.41, 5.74) is 0.279. The number of Topliss-reactive ketones (excluding diaryl/α,β-unsaturated/α-hetero) is 2. The Kier molecular flexibility index (Phi) is 5.00. The number of hydrogen-bond donors (Lipinski definition) is 0. The van der Waals surface area contributed by atoms with E-state index in [9.17, 15) is 14.4 Å². The van der Waals surface area contributed by atoms with Crippen LogP contribution in [0.15, 0.2) is 24.3 Å². The lowest BCUT2D eigenvalue weighted by Crippen LogP contribution is -2.29. The quantitative estimate of drug-likeness (QED) is 0.617. The summed E-state index contributed by atoms with van der Waals surface area (Å²) < 4.78 is 10.7. The molecule has 0 radical (unpaired) electrons. The Morgan fingerprint density at radius 3 is 2.13 bits per heavy atom. The molecule has 0 saturated carbocycles. The van der Waals surface area contributed by atoms with Gasteiger partial charge in [0.25, 0.3) is 0 Å². The Hall–Kier alpha value is -2.01. The zero-order valence-electron chi connectivity index (χ0n) is 13.9. The molecular weight excluding hydrogens is 296 g/mol. The Balaban J connectivity index is 1.89. The normalized spacial score (nSPS) is 16.3. The van der Waals surface area contributed by atoms with Gasteiger partial charge in [-0.2, -0.15) is 0 Å². The number of ketones is 2. The number of benzene rings is 1. The van der Waals surface area contributed by atoms with E-state index in [2.05, 4.69) is 0 Å². The molecule has 0 fully saturated rings. The van der Waals surface area contributed by atoms with E-state index >= 15 is 0 Å². The van der Waals surface area contributed by atoms with Crippen molar-refractivity contribution in [3.8, 4) is 0 Å². The van der Waals surface area contributed by atoms with Gasteiger partial charge in [0.15, 0.2) is 17.7 Å². The van der Waals surface area contributed by atoms with Gasteiger partial charge in [-0.1, -0.05) is 31.2 Å². The summed E-state index contributed by atoms with van der Waals surface area (Å²) >= 11 is 0. The van der Waals surface area contributed by atoms with Crippen molar-refractivity contribution in [2.45, 2.75) is 45.8 Å². The number of fused-ring (bicyclic) bond motifs is 1. The van der Waals surface area contributed by atoms with Crippen LogP contribution in [-0.4, -0.2) is 35.8 Å². The lowest BCUT2D eigenvalue weighted by atomic mass is 10.1. The molecule has 1 atom stereocenters. The molecule has 0 aliphatic heterocycles. The molecule has 0 unspecified atom stereocenters. The average molecular weight is 318 g/mol. The third kappa shape index (κ3) is 4.26. The van der Waals surface area contributed by atoms with Crippen LogP contribution in [0.1, 0.15) is 54.8 Å². The van der Waals surface area contributed by atoms with Crippen LogP contribution in [0.2, 0.25) is 0 Å². The first-order chi connectivity index (χ1) is 10.7. The molecule has 0 bridgehead atoms. The van der Waals surface area contributed by atoms with E-state index in [-0.39, 0.29) is 36.5 Å². The van der Waals surface area contributed by atoms with Gasteiger partial charge in [-0.05, 0) is 26.7 Å². The molecular formula is C18H22O5. The molecule has 1 aromatic carbocycles. The van der Waals surface area contributed by atoms with Crippen molar-refractivity contribution in [3.63, 3.8) is 0 Å². The smallest absolute Gasteiger partial charge is 0.306 e. The molecule has 0 saturated heterocycles. The number of rotatable bonds is 5. The predicted molar refractivity (Wildman–Crippen MR) is 84.5 cm³/mol. The summed E-state index contributed by atoms with van der Waals surface area (Å²) in [6.45, 7) is 7.38. The van der Waals surface area contributed by atoms with Crippen LogP contribution in [0.4, 0.5) is 0 Å². The standard InChI is InChI=1S/C18H22O5/c1-11(9-14(19)23-18(2,3)4)10-22-17-15(20)12-7-5-6-8-13(12)16(17)21/h5-8,11,17H,9-10H2,1-4H3/t11-/m1/s1. The Bertz CT molecular complexity index is 592. The van der Waals surface area contributed by atoms with Crippen molar-refractivity contribution in [1.29, 1.82) is 0 Å². The number of hydrogen-bond acceptors (Lipinski definition) is 5. The van der Waals surface area contributed by atoms with Crippen LogP contribution in [-0.2, 0) is 14.3 Å². The number of esters is 1. The van der Waals surface area contributed by atoms with Crippen molar-refractivity contribution in [2.75, 3.05) is 6.61 Å². The fraction of sp³-hybridized carbons (Fsp3) is 0.500. The molecule has 1 aliphatic carbocycles. The van der Waals surface area contributed by atoms with Crippen LogP contribution in [0.25, 0.3) is 0 Å². The third-order valence-electron chi connectivity index (χ3n) is 3.42. The maximum Gasteiger partial charge on any atom is 0.306 e. The van der Waals surface area contributed by atoms with Gasteiger partial charge in [-0.25, -0.2) is 0 Å². The van der Waals surface area contributed by atoms with Crippen molar-refractivity contribution in [2.24, 2.45) is 5.92 Å². The van der Waals surface area contributed by atoms with E-state index in [1.54, 1.807) is 45.0 Å². The Morgan fingerprint density at radius 1 is 1.13 bits per heavy atom. The highest BCUT2D eigenvalue weighted by Gasteiger charge is 2.39. The summed E-state index contributed by atoms with van der Waals surface area (Å²) in [6.07, 6.45) is -0.909. The van der Waals surface area contributed by atoms with Crippen molar-refractivity contribution >= 4 is 17.5 Å². The molecule has 23 heavy (non-hydrogen) atoms. The van der Waals surface area contributed by atoms with E-state index in [1.807, 2.05) is 6.92 Å². The molecule has 0 amide bonds. The second-order valence-corrected chi connectivity index (χ2v) is 6.88. The van der Waals surface area contributed by atoms with Gasteiger partial charge in [-0.3, -0.25) is 14.4 Å². The van der Waals surface area contributed by atoms with Gasteiger partial charge in [0.05, 0.1) is 13.0 Å². The fourth-order valence-corrected chi connectivity index (χ4v) is 2.45. The number of ether oxygens (including phenoxy) is 2. The zero-order valence-corrected chi connectivity index (χ0v) is 13.9. The van der Waals surface area contributed by atoms with Gasteiger partial charge < -0.3 is 9.47 Å². The lowest BCUT2D eigenvalue weighted by molar-refractivity contribution is -0.156. The molecule has 2 rings (SSSR count). The zero-order chi connectivity index (χ0) is 17.2. The highest BCUT2D eigenvalue weighted by Crippen LogP contribution is 2.24. The minimum Gasteiger partial charge on any atom is -0.460 e. The largest absolute Gasteiger partial charge is 0.460 e. The molecule has 0 aromatic heterocycles. The van der Waals surface area contributed by atoms with Crippen LogP contribution in [0.5, 0.6) is 0 Å². The summed E-state index contributed by atoms with van der Waals surface area (Å²) in [5, 5.41) is 0. The molecule has 0 spiro atoms. The topological polar surface area (TPSA) is 69.7 Å². The summed E-state index contributed by atoms with van der Waals surface area (Å²) in [5.74, 6) is -1.08. The van der Waals surface area contributed by atoms with Crippen molar-refractivity contribution in [1.82, 2.24) is 0 Å². The van der Waals surface area contributed by atoms with Crippen molar-refractivity contribution < 1.29 is 23.9 Å². The minimum absolute atomic E-state index is 0.144. The summed E-state index contributed by atoms with van der Waals surface area (Å²) in [7, 11) is 0. The van der Waals surface area contributed by atoms with Crippen LogP contribution in [0.3, 0.4) is 0 Å². The summed E-state index contributed by atoms with van der Waals surface area (Å²) in [6, 6.07) is 6.70. The molecule has 1 aromatic rings. The van der Waals surface area contributed by atoms with Gasteiger partial charge in [0.2, 0.25) is 0 Å². The first-order valence-corrected chi connectivity index (χ1v) is 7.70. The van der Waals surface area contributed by atoms with Gasteiger partial charge in [0.1, 0.15) is 5.60 Å². The van der Waals surface area contributed by atoms with E-state index in [1.165, 1.54) is 0 Å². The number of carbonyl (C=O) groups excluding carboxylic acids is 3. The highest BCUT2D eigenvalue weighted by molar-refractivity contribution is 6.28. The first kappa shape index (κ1) is 17.3. The fourth-order valence-electron chi connectivity index (χ4n) is 2.45. The van der Waals surface area contributed by atoms with Crippen LogP contribution >= 0.6 is 0 Å². The number of carbonyl (C=O) groups is 3. The third-order valence-corrected chi connectivity index (χ3v) is 3.42. The highest BCUT2D eigenvalue weighted by atomic mass is 16.6. The van der Waals surface area contributed by atoms with Gasteiger partial charge in [0, 0.05) is 11.1 Å². The van der Waals surface area contributed by atoms with E-state index < -0.39 is 11.7 Å². The van der Waals surface area contributed by atoms with E-state index in [0.717, 1.165) is 0 Å². The predicted octanol–water partition coefficient (Wildman–Crippen LogP) is 2.82. The van der Waals surface area contributed by atoms with E-state index in [4.69, 9.17) is 9.47 Å². The molecule has 0 heterocycles. The first-order valence-electron chi connectivity index (χ1n) is 7.70. The molecule has 1 aliphatic rings. The molecule has 0 N–H and O–H groups in total. The van der Waals surface area contributed by atoms with E-state index in [0.29, 0.717) is 11.1 Å². The minimum atomic E-state index is -1.09. The second-order valence-electron chi connectivity index (χ2n) is 6.88. The molecule has 5 nitrogen and oxygen atoms in total. The van der Waals surface area contributed by atoms with Gasteiger partial charge >= 0.3 is 5.97 Å². The maximum absolute atomic E-state index is 12.2. The summed E-state index contributed by atoms with van der Waals surface area (Å²) in [4.78, 5) is 36.1. The Morgan fingerprint density at radius 2 is 1.65 bits per heavy atom.